The van der Waals surface area contributed by atoms with Gasteiger partial charge >= 0.3 is 0 Å². The van der Waals surface area contributed by atoms with E-state index in [0.717, 1.165) is 0 Å². The molecule has 0 unspecified atom stereocenters. The minimum absolute atomic E-state index is 0.227. The van der Waals surface area contributed by atoms with Crippen LogP contribution >= 0.6 is 0 Å². The van der Waals surface area contributed by atoms with E-state index in [-0.39, 0.29) is 5.54 Å². The summed E-state index contributed by atoms with van der Waals surface area (Å²) in [5.41, 5.74) is 2.07. The molecule has 1 fully saturated rings. The standard InChI is InChI=1S/C14H21N.C3H8/c1-13(2,3)15-14(9-10-14)11-12-7-5-4-6-8-12;1-3-2/h4-8,15H,9-11H2,1-3H3;3H2,1-2H3. The fourth-order valence-electron chi connectivity index (χ4n) is 2.28. The van der Waals surface area contributed by atoms with Gasteiger partial charge in [-0.3, -0.25) is 0 Å². The van der Waals surface area contributed by atoms with Crippen LogP contribution in [0.5, 0.6) is 0 Å². The molecule has 1 saturated carbocycles. The molecule has 102 valence electrons. The van der Waals surface area contributed by atoms with E-state index in [0.29, 0.717) is 5.54 Å². The molecule has 0 bridgehead atoms. The van der Waals surface area contributed by atoms with Crippen molar-refractivity contribution in [1.29, 1.82) is 0 Å². The van der Waals surface area contributed by atoms with Crippen molar-refractivity contribution in [2.24, 2.45) is 0 Å². The van der Waals surface area contributed by atoms with Crippen LogP contribution in [0.2, 0.25) is 0 Å². The lowest BCUT2D eigenvalue weighted by Gasteiger charge is -2.28. The van der Waals surface area contributed by atoms with Gasteiger partial charge in [-0.2, -0.15) is 0 Å². The molecule has 1 aliphatic carbocycles. The van der Waals surface area contributed by atoms with Crippen molar-refractivity contribution in [3.05, 3.63) is 35.9 Å². The molecule has 18 heavy (non-hydrogen) atoms. The average molecular weight is 247 g/mol. The lowest BCUT2D eigenvalue weighted by atomic mass is 10.00. The molecule has 0 atom stereocenters. The molecule has 2 rings (SSSR count). The van der Waals surface area contributed by atoms with Gasteiger partial charge in [0.05, 0.1) is 0 Å². The zero-order chi connectivity index (χ0) is 13.6. The third-order valence-electron chi connectivity index (χ3n) is 2.88. The third-order valence-corrected chi connectivity index (χ3v) is 2.88. The Balaban J connectivity index is 0.000000492. The lowest BCUT2D eigenvalue weighted by Crippen LogP contribution is -2.46. The van der Waals surface area contributed by atoms with Crippen LogP contribution in [0.1, 0.15) is 59.4 Å². The summed E-state index contributed by atoms with van der Waals surface area (Å²) in [5.74, 6) is 0. The number of nitrogens with one attached hydrogen (secondary N) is 1. The summed E-state index contributed by atoms with van der Waals surface area (Å²) >= 11 is 0. The third kappa shape index (κ3) is 5.68. The highest BCUT2D eigenvalue weighted by Gasteiger charge is 2.44. The fourth-order valence-corrected chi connectivity index (χ4v) is 2.28. The maximum atomic E-state index is 3.76. The first-order valence-electron chi connectivity index (χ1n) is 7.24. The second kappa shape index (κ2) is 6.38. The first-order valence-corrected chi connectivity index (χ1v) is 7.24. The molecule has 0 amide bonds. The number of rotatable bonds is 3. The minimum Gasteiger partial charge on any atom is -0.306 e. The summed E-state index contributed by atoms with van der Waals surface area (Å²) in [6, 6.07) is 10.8. The Bertz CT molecular complexity index is 330. The maximum absolute atomic E-state index is 3.76. The highest BCUT2D eigenvalue weighted by Crippen LogP contribution is 2.40. The average Bonchev–Trinajstić information content (AvgIpc) is 2.97. The van der Waals surface area contributed by atoms with Crippen molar-refractivity contribution in [3.63, 3.8) is 0 Å². The van der Waals surface area contributed by atoms with E-state index >= 15 is 0 Å². The summed E-state index contributed by atoms with van der Waals surface area (Å²) in [5, 5.41) is 3.76. The van der Waals surface area contributed by atoms with Crippen molar-refractivity contribution in [2.75, 3.05) is 0 Å². The first kappa shape index (κ1) is 15.2. The molecular weight excluding hydrogens is 218 g/mol. The van der Waals surface area contributed by atoms with Gasteiger partial charge in [0, 0.05) is 11.1 Å². The fraction of sp³-hybridized carbons (Fsp3) is 0.647. The highest BCUT2D eigenvalue weighted by atomic mass is 15.1. The Hall–Kier alpha value is -0.820. The zero-order valence-corrected chi connectivity index (χ0v) is 12.7. The van der Waals surface area contributed by atoms with Crippen LogP contribution in [0.4, 0.5) is 0 Å². The van der Waals surface area contributed by atoms with Crippen molar-refractivity contribution < 1.29 is 0 Å². The molecule has 1 aliphatic rings. The van der Waals surface area contributed by atoms with Gasteiger partial charge in [-0.15, -0.1) is 0 Å². The van der Waals surface area contributed by atoms with Gasteiger partial charge in [-0.1, -0.05) is 50.6 Å². The van der Waals surface area contributed by atoms with Crippen LogP contribution in [0.15, 0.2) is 30.3 Å². The maximum Gasteiger partial charge on any atom is 0.0228 e. The molecular formula is C17H29N. The van der Waals surface area contributed by atoms with Gasteiger partial charge in [0.2, 0.25) is 0 Å². The van der Waals surface area contributed by atoms with E-state index in [1.807, 2.05) is 0 Å². The molecule has 1 nitrogen and oxygen atoms in total. The van der Waals surface area contributed by atoms with E-state index < -0.39 is 0 Å². The molecule has 1 aromatic rings. The zero-order valence-electron chi connectivity index (χ0n) is 12.7. The van der Waals surface area contributed by atoms with Crippen molar-refractivity contribution in [2.45, 2.75) is 71.4 Å². The smallest absolute Gasteiger partial charge is 0.0228 e. The predicted octanol–water partition coefficient (Wildman–Crippen LogP) is 4.57. The quantitative estimate of drug-likeness (QED) is 0.825. The summed E-state index contributed by atoms with van der Waals surface area (Å²) in [7, 11) is 0. The first-order chi connectivity index (χ1) is 8.41. The topological polar surface area (TPSA) is 12.0 Å². The molecule has 1 heteroatoms. The molecule has 1 aromatic carbocycles. The molecule has 0 saturated heterocycles. The highest BCUT2D eigenvalue weighted by molar-refractivity contribution is 5.21. The Morgan fingerprint density at radius 1 is 1.06 bits per heavy atom. The van der Waals surface area contributed by atoms with Gasteiger partial charge in [0.15, 0.2) is 0 Å². The van der Waals surface area contributed by atoms with Crippen LogP contribution in [0.25, 0.3) is 0 Å². The van der Waals surface area contributed by atoms with E-state index in [2.05, 4.69) is 70.3 Å². The summed E-state index contributed by atoms with van der Waals surface area (Å²) in [6.07, 6.45) is 5.06. The Morgan fingerprint density at radius 2 is 1.56 bits per heavy atom. The van der Waals surface area contributed by atoms with E-state index in [1.54, 1.807) is 0 Å². The van der Waals surface area contributed by atoms with Gasteiger partial charge in [-0.05, 0) is 45.6 Å². The molecule has 0 heterocycles. The van der Waals surface area contributed by atoms with Crippen LogP contribution in [-0.2, 0) is 6.42 Å². The van der Waals surface area contributed by atoms with Crippen LogP contribution < -0.4 is 5.32 Å². The van der Waals surface area contributed by atoms with Gasteiger partial charge < -0.3 is 5.32 Å². The predicted molar refractivity (Wildman–Crippen MR) is 81.0 cm³/mol. The molecule has 0 radical (unpaired) electrons. The second-order valence-electron chi connectivity index (χ2n) is 6.52. The molecule has 0 spiro atoms. The molecule has 0 aliphatic heterocycles. The molecule has 1 N–H and O–H groups in total. The number of benzene rings is 1. The normalized spacial score (nSPS) is 16.7. The summed E-state index contributed by atoms with van der Waals surface area (Å²) in [4.78, 5) is 0. The van der Waals surface area contributed by atoms with Crippen molar-refractivity contribution in [3.8, 4) is 0 Å². The Labute approximate surface area is 113 Å². The monoisotopic (exact) mass is 247 g/mol. The van der Waals surface area contributed by atoms with Crippen molar-refractivity contribution >= 4 is 0 Å². The van der Waals surface area contributed by atoms with Crippen LogP contribution in [0, 0.1) is 0 Å². The van der Waals surface area contributed by atoms with E-state index in [4.69, 9.17) is 0 Å². The summed E-state index contributed by atoms with van der Waals surface area (Å²) in [6.45, 7) is 11.0. The number of hydrogen-bond donors (Lipinski definition) is 1. The molecule has 0 aromatic heterocycles. The Kier molecular flexibility index (Phi) is 5.40. The largest absolute Gasteiger partial charge is 0.306 e. The van der Waals surface area contributed by atoms with E-state index in [1.165, 1.54) is 31.2 Å². The lowest BCUT2D eigenvalue weighted by molar-refractivity contribution is 0.342. The Morgan fingerprint density at radius 3 is 1.94 bits per heavy atom. The number of hydrogen-bond acceptors (Lipinski definition) is 1. The summed E-state index contributed by atoms with van der Waals surface area (Å²) < 4.78 is 0. The van der Waals surface area contributed by atoms with E-state index in [9.17, 15) is 0 Å². The van der Waals surface area contributed by atoms with Gasteiger partial charge in [-0.25, -0.2) is 0 Å². The van der Waals surface area contributed by atoms with Crippen LogP contribution in [-0.4, -0.2) is 11.1 Å². The SMILES string of the molecule is CC(C)(C)NC1(Cc2ccccc2)CC1.CCC. The second-order valence-corrected chi connectivity index (χ2v) is 6.52. The van der Waals surface area contributed by atoms with Gasteiger partial charge in [0.1, 0.15) is 0 Å². The van der Waals surface area contributed by atoms with Gasteiger partial charge in [0.25, 0.3) is 0 Å². The van der Waals surface area contributed by atoms with Crippen LogP contribution in [0.3, 0.4) is 0 Å². The van der Waals surface area contributed by atoms with Crippen molar-refractivity contribution in [1.82, 2.24) is 5.32 Å². The minimum atomic E-state index is 0.227.